The molecule has 8 heteroatoms. The second-order valence-electron chi connectivity index (χ2n) is 3.26. The molecule has 0 aliphatic rings. The third-order valence-electron chi connectivity index (χ3n) is 1.97. The van der Waals surface area contributed by atoms with Gasteiger partial charge < -0.3 is 5.11 Å². The Balaban J connectivity index is 5.09. The largest absolute Gasteiger partial charge is 0.479 e. The molecule has 0 unspecified atom stereocenters. The van der Waals surface area contributed by atoms with Gasteiger partial charge in [-0.3, -0.25) is 0 Å². The highest BCUT2D eigenvalue weighted by atomic mass is 35.5. The molecule has 0 fully saturated rings. The van der Waals surface area contributed by atoms with E-state index in [1.165, 1.54) is 0 Å². The summed E-state index contributed by atoms with van der Waals surface area (Å²) in [5, 5.41) is 8.82. The molecule has 0 heterocycles. The van der Waals surface area contributed by atoms with Crippen LogP contribution in [0, 0.1) is 0 Å². The van der Waals surface area contributed by atoms with Gasteiger partial charge >= 0.3 is 5.97 Å². The Labute approximate surface area is 124 Å². The lowest BCUT2D eigenvalue weighted by Crippen LogP contribution is -2.53. The second kappa shape index (κ2) is 5.90. The maximum atomic E-state index is 10.8. The van der Waals surface area contributed by atoms with Crippen molar-refractivity contribution in [2.75, 3.05) is 0 Å². The number of halogens is 6. The van der Waals surface area contributed by atoms with E-state index in [0.717, 1.165) is 6.42 Å². The van der Waals surface area contributed by atoms with Crippen LogP contribution >= 0.6 is 69.6 Å². The first-order chi connectivity index (χ1) is 7.00. The van der Waals surface area contributed by atoms with Crippen LogP contribution in [-0.2, 0) is 4.79 Å². The van der Waals surface area contributed by atoms with E-state index in [9.17, 15) is 4.79 Å². The maximum Gasteiger partial charge on any atom is 0.343 e. The lowest BCUT2D eigenvalue weighted by Gasteiger charge is -2.38. The molecule has 0 spiro atoms. The van der Waals surface area contributed by atoms with Crippen molar-refractivity contribution in [1.29, 1.82) is 0 Å². The van der Waals surface area contributed by atoms with E-state index in [0.29, 0.717) is 6.42 Å². The lowest BCUT2D eigenvalue weighted by molar-refractivity contribution is -0.138. The number of rotatable bonds is 6. The minimum Gasteiger partial charge on any atom is -0.479 e. The molecule has 0 bridgehead atoms. The van der Waals surface area contributed by atoms with Crippen LogP contribution in [0.2, 0.25) is 0 Å². The zero-order valence-corrected chi connectivity index (χ0v) is 12.8. The fraction of sp³-hybridized carbons (Fsp3) is 0.875. The standard InChI is InChI=1S/C8H10Cl6O2/c1-2-3-4-6(9,10)8(13,14)7(11,12)5(15)16/h2-4H2,1H3,(H,15,16). The number of alkyl halides is 6. The molecule has 0 aromatic carbocycles. The minimum absolute atomic E-state index is 0.175. The first-order valence-corrected chi connectivity index (χ1v) is 6.64. The van der Waals surface area contributed by atoms with E-state index in [2.05, 4.69) is 0 Å². The molecule has 0 amide bonds. The second-order valence-corrected chi connectivity index (χ2v) is 7.40. The lowest BCUT2D eigenvalue weighted by atomic mass is 10.1. The van der Waals surface area contributed by atoms with Crippen LogP contribution in [0.5, 0.6) is 0 Å². The van der Waals surface area contributed by atoms with Crippen LogP contribution in [0.4, 0.5) is 0 Å². The van der Waals surface area contributed by atoms with Crippen molar-refractivity contribution in [3.05, 3.63) is 0 Å². The molecule has 0 aromatic rings. The first kappa shape index (κ1) is 17.2. The van der Waals surface area contributed by atoms with E-state index in [-0.39, 0.29) is 6.42 Å². The van der Waals surface area contributed by atoms with Gasteiger partial charge in [-0.1, -0.05) is 89.4 Å². The van der Waals surface area contributed by atoms with Crippen molar-refractivity contribution in [3.63, 3.8) is 0 Å². The summed E-state index contributed by atoms with van der Waals surface area (Å²) in [5.41, 5.74) is 0. The van der Waals surface area contributed by atoms with Gasteiger partial charge in [0.25, 0.3) is 0 Å². The number of carboxylic acids is 1. The number of carbonyl (C=O) groups is 1. The quantitative estimate of drug-likeness (QED) is 0.700. The highest BCUT2D eigenvalue weighted by molar-refractivity contribution is 6.73. The molecular weight excluding hydrogens is 341 g/mol. The molecule has 0 rings (SSSR count). The van der Waals surface area contributed by atoms with Crippen LogP contribution < -0.4 is 0 Å². The van der Waals surface area contributed by atoms with Crippen molar-refractivity contribution in [3.8, 4) is 0 Å². The van der Waals surface area contributed by atoms with Gasteiger partial charge in [0, 0.05) is 0 Å². The topological polar surface area (TPSA) is 37.3 Å². The van der Waals surface area contributed by atoms with Gasteiger partial charge in [0.05, 0.1) is 0 Å². The van der Waals surface area contributed by atoms with Gasteiger partial charge in [-0.05, 0) is 6.42 Å². The van der Waals surface area contributed by atoms with Crippen LogP contribution in [0.15, 0.2) is 0 Å². The minimum atomic E-state index is -2.49. The number of aliphatic carboxylic acids is 1. The molecule has 0 aliphatic carbocycles. The molecular formula is C8H10Cl6O2. The summed E-state index contributed by atoms with van der Waals surface area (Å²) in [4.78, 5) is 10.8. The summed E-state index contributed by atoms with van der Waals surface area (Å²) in [6.07, 6.45) is 1.57. The third-order valence-corrected chi connectivity index (χ3v) is 5.79. The van der Waals surface area contributed by atoms with E-state index >= 15 is 0 Å². The molecule has 0 radical (unpaired) electrons. The van der Waals surface area contributed by atoms with E-state index in [1.54, 1.807) is 0 Å². The van der Waals surface area contributed by atoms with Gasteiger partial charge in [-0.25, -0.2) is 4.79 Å². The van der Waals surface area contributed by atoms with Crippen molar-refractivity contribution < 1.29 is 9.90 Å². The fourth-order valence-corrected chi connectivity index (χ4v) is 2.34. The van der Waals surface area contributed by atoms with E-state index in [4.69, 9.17) is 74.7 Å². The summed E-state index contributed by atoms with van der Waals surface area (Å²) in [7, 11) is 0. The third kappa shape index (κ3) is 3.37. The van der Waals surface area contributed by atoms with E-state index < -0.39 is 19.0 Å². The van der Waals surface area contributed by atoms with Crippen LogP contribution in [0.25, 0.3) is 0 Å². The van der Waals surface area contributed by atoms with Crippen molar-refractivity contribution in [2.45, 2.75) is 39.2 Å². The highest BCUT2D eigenvalue weighted by Gasteiger charge is 2.64. The number of carboxylic acid groups (broad SMARTS) is 1. The molecule has 0 aromatic heterocycles. The van der Waals surface area contributed by atoms with Gasteiger partial charge in [-0.2, -0.15) is 0 Å². The Bertz CT molecular complexity index is 263. The number of hydrogen-bond acceptors (Lipinski definition) is 1. The summed E-state index contributed by atoms with van der Waals surface area (Å²) in [5.74, 6) is -1.61. The summed E-state index contributed by atoms with van der Waals surface area (Å²) in [6.45, 7) is 1.90. The molecule has 2 nitrogen and oxygen atoms in total. The Morgan fingerprint density at radius 3 is 1.88 bits per heavy atom. The Morgan fingerprint density at radius 2 is 1.56 bits per heavy atom. The average Bonchev–Trinajstić information content (AvgIpc) is 2.13. The molecule has 0 aliphatic heterocycles. The van der Waals surface area contributed by atoms with Crippen molar-refractivity contribution in [2.24, 2.45) is 0 Å². The Hall–Kier alpha value is 1.21. The monoisotopic (exact) mass is 348 g/mol. The molecule has 16 heavy (non-hydrogen) atoms. The van der Waals surface area contributed by atoms with Gasteiger partial charge in [-0.15, -0.1) is 0 Å². The van der Waals surface area contributed by atoms with E-state index in [1.807, 2.05) is 6.92 Å². The highest BCUT2D eigenvalue weighted by Crippen LogP contribution is 2.56. The van der Waals surface area contributed by atoms with Gasteiger partial charge in [0.2, 0.25) is 4.33 Å². The fourth-order valence-electron chi connectivity index (χ4n) is 0.920. The van der Waals surface area contributed by atoms with Crippen molar-refractivity contribution in [1.82, 2.24) is 0 Å². The predicted octanol–water partition coefficient (Wildman–Crippen LogP) is 4.78. The Morgan fingerprint density at radius 1 is 1.12 bits per heavy atom. The van der Waals surface area contributed by atoms with Crippen LogP contribution in [0.1, 0.15) is 26.2 Å². The van der Waals surface area contributed by atoms with Gasteiger partial charge in [0.1, 0.15) is 0 Å². The zero-order valence-electron chi connectivity index (χ0n) is 8.24. The molecule has 96 valence electrons. The van der Waals surface area contributed by atoms with Crippen LogP contribution in [0.3, 0.4) is 0 Å². The molecule has 0 atom stereocenters. The molecule has 0 saturated carbocycles. The first-order valence-electron chi connectivity index (χ1n) is 4.37. The zero-order chi connectivity index (χ0) is 13.2. The summed E-state index contributed by atoms with van der Waals surface area (Å²) in [6, 6.07) is 0. The van der Waals surface area contributed by atoms with Crippen LogP contribution in [-0.4, -0.2) is 24.1 Å². The predicted molar refractivity (Wildman–Crippen MR) is 70.5 cm³/mol. The maximum absolute atomic E-state index is 10.8. The SMILES string of the molecule is CCCCC(Cl)(Cl)C(Cl)(Cl)C(Cl)(Cl)C(=O)O. The molecule has 0 saturated heterocycles. The molecule has 1 N–H and O–H groups in total. The summed E-state index contributed by atoms with van der Waals surface area (Å²) >= 11 is 34.5. The Kier molecular flexibility index (Phi) is 6.35. The smallest absolute Gasteiger partial charge is 0.343 e. The number of unbranched alkanes of at least 4 members (excludes halogenated alkanes) is 1. The summed E-state index contributed by atoms with van der Waals surface area (Å²) < 4.78 is -6.48. The normalized spacial score (nSPS) is 13.9. The average molecular weight is 351 g/mol. The van der Waals surface area contributed by atoms with Crippen molar-refractivity contribution >= 4 is 75.6 Å². The number of hydrogen-bond donors (Lipinski definition) is 1. The van der Waals surface area contributed by atoms with Gasteiger partial charge in [0.15, 0.2) is 8.67 Å².